The molecule has 132 valence electrons. The van der Waals surface area contributed by atoms with E-state index in [1.807, 2.05) is 43.3 Å². The van der Waals surface area contributed by atoms with Gasteiger partial charge >= 0.3 is 0 Å². The molecule has 0 aromatic carbocycles. The van der Waals surface area contributed by atoms with E-state index in [9.17, 15) is 4.79 Å². The topological polar surface area (TPSA) is 42.9 Å². The average molecular weight is 344 g/mol. The van der Waals surface area contributed by atoms with Gasteiger partial charge in [0.1, 0.15) is 11.4 Å². The van der Waals surface area contributed by atoms with E-state index in [4.69, 9.17) is 0 Å². The molecule has 0 radical (unpaired) electrons. The zero-order valence-electron chi connectivity index (χ0n) is 15.3. The number of pyridine rings is 2. The summed E-state index contributed by atoms with van der Waals surface area (Å²) >= 11 is 0. The largest absolute Gasteiger partial charge is 0.292 e. The van der Waals surface area contributed by atoms with Crippen molar-refractivity contribution in [3.8, 4) is 11.8 Å². The zero-order chi connectivity index (χ0) is 18.0. The minimum atomic E-state index is 0.0636. The van der Waals surface area contributed by atoms with E-state index in [-0.39, 0.29) is 16.6 Å². The van der Waals surface area contributed by atoms with Crippen LogP contribution in [-0.4, -0.2) is 15.8 Å². The van der Waals surface area contributed by atoms with E-state index in [1.165, 1.54) is 0 Å². The maximum Gasteiger partial charge on any atom is 0.181 e. The van der Waals surface area contributed by atoms with Crippen molar-refractivity contribution >= 4 is 5.78 Å². The van der Waals surface area contributed by atoms with Crippen molar-refractivity contribution in [3.63, 3.8) is 0 Å². The monoisotopic (exact) mass is 344 g/mol. The van der Waals surface area contributed by atoms with Crippen LogP contribution in [0.2, 0.25) is 0 Å². The van der Waals surface area contributed by atoms with Gasteiger partial charge in [0.25, 0.3) is 0 Å². The number of rotatable bonds is 3. The summed E-state index contributed by atoms with van der Waals surface area (Å²) in [7, 11) is 0. The second-order valence-corrected chi connectivity index (χ2v) is 8.04. The third-order valence-electron chi connectivity index (χ3n) is 6.04. The summed E-state index contributed by atoms with van der Waals surface area (Å²) in [6.07, 6.45) is 8.98. The maximum absolute atomic E-state index is 12.7. The number of ketones is 1. The van der Waals surface area contributed by atoms with E-state index in [1.54, 1.807) is 6.20 Å². The molecule has 0 aliphatic heterocycles. The van der Waals surface area contributed by atoms with E-state index < -0.39 is 0 Å². The maximum atomic E-state index is 12.7. The molecule has 0 amide bonds. The van der Waals surface area contributed by atoms with Gasteiger partial charge in [0, 0.05) is 23.7 Å². The van der Waals surface area contributed by atoms with Gasteiger partial charge in [0.05, 0.1) is 0 Å². The minimum absolute atomic E-state index is 0.0636. The van der Waals surface area contributed by atoms with Gasteiger partial charge in [-0.25, -0.2) is 4.98 Å². The normalized spacial score (nSPS) is 26.8. The molecule has 2 bridgehead atoms. The highest BCUT2D eigenvalue weighted by atomic mass is 16.1. The molecule has 3 heteroatoms. The number of aryl methyl sites for hydroxylation is 1. The molecule has 2 heterocycles. The predicted octanol–water partition coefficient (Wildman–Crippen LogP) is 4.75. The van der Waals surface area contributed by atoms with E-state index in [0.29, 0.717) is 12.1 Å². The lowest BCUT2D eigenvalue weighted by Gasteiger charge is -2.36. The molecule has 2 aromatic rings. The average Bonchev–Trinajstić information content (AvgIpc) is 2.91. The summed E-state index contributed by atoms with van der Waals surface area (Å²) in [5.41, 5.74) is 2.63. The number of carbonyl (C=O) groups excluding carboxylic acids is 1. The number of nitrogens with zero attached hydrogens (tertiary/aromatic N) is 2. The summed E-state index contributed by atoms with van der Waals surface area (Å²) < 4.78 is 0. The number of hydrogen-bond acceptors (Lipinski definition) is 3. The van der Waals surface area contributed by atoms with Gasteiger partial charge in [-0.1, -0.05) is 24.5 Å². The Morgan fingerprint density at radius 1 is 1.12 bits per heavy atom. The van der Waals surface area contributed by atoms with Crippen molar-refractivity contribution in [1.29, 1.82) is 0 Å². The van der Waals surface area contributed by atoms with Crippen LogP contribution in [0.3, 0.4) is 0 Å². The first kappa shape index (κ1) is 17.0. The van der Waals surface area contributed by atoms with Gasteiger partial charge < -0.3 is 0 Å². The van der Waals surface area contributed by atoms with Crippen molar-refractivity contribution < 1.29 is 4.79 Å². The molecule has 0 spiro atoms. The number of Topliss-reactive ketones (excluding diaryl/α,β-unsaturated/α-hetero) is 1. The highest BCUT2D eigenvalue weighted by Gasteiger charge is 2.51. The molecule has 3 nitrogen and oxygen atoms in total. The SMILES string of the molecule is Cc1cccc(C#CC23CCCC(CC(=O)c4ccccn4)(CC2)C3)n1. The van der Waals surface area contributed by atoms with Crippen LogP contribution in [0.4, 0.5) is 0 Å². The van der Waals surface area contributed by atoms with Crippen molar-refractivity contribution in [2.45, 2.75) is 51.9 Å². The molecular weight excluding hydrogens is 320 g/mol. The van der Waals surface area contributed by atoms with Crippen LogP contribution in [-0.2, 0) is 0 Å². The van der Waals surface area contributed by atoms with Crippen LogP contribution in [0.15, 0.2) is 42.6 Å². The third-order valence-corrected chi connectivity index (χ3v) is 6.04. The summed E-state index contributed by atoms with van der Waals surface area (Å²) in [6, 6.07) is 11.5. The van der Waals surface area contributed by atoms with Crippen molar-refractivity contribution in [1.82, 2.24) is 9.97 Å². The number of aromatic nitrogens is 2. The summed E-state index contributed by atoms with van der Waals surface area (Å²) in [6.45, 7) is 1.99. The Labute approximate surface area is 155 Å². The smallest absolute Gasteiger partial charge is 0.181 e. The van der Waals surface area contributed by atoms with Gasteiger partial charge in [0.15, 0.2) is 5.78 Å². The first-order valence-corrected chi connectivity index (χ1v) is 9.49. The van der Waals surface area contributed by atoms with Gasteiger partial charge in [0.2, 0.25) is 0 Å². The van der Waals surface area contributed by atoms with Gasteiger partial charge in [-0.05, 0) is 74.6 Å². The van der Waals surface area contributed by atoms with Crippen LogP contribution >= 0.6 is 0 Å². The molecular formula is C23H24N2O. The molecule has 4 rings (SSSR count). The third kappa shape index (κ3) is 3.42. The molecule has 2 unspecified atom stereocenters. The standard InChI is InChI=1S/C23H24N2O/c1-18-6-4-7-19(25-18)9-12-22-10-5-11-23(17-22,14-13-22)16-21(26)20-8-2-3-15-24-20/h2-4,6-8,15H,5,10-11,13-14,16-17H2,1H3. The first-order chi connectivity index (χ1) is 12.6. The van der Waals surface area contributed by atoms with Crippen LogP contribution in [0.5, 0.6) is 0 Å². The molecule has 2 aliphatic rings. The fourth-order valence-corrected chi connectivity index (χ4v) is 4.80. The van der Waals surface area contributed by atoms with Crippen molar-refractivity contribution in [2.24, 2.45) is 10.8 Å². The molecule has 0 N–H and O–H groups in total. The summed E-state index contributed by atoms with van der Waals surface area (Å²) in [5.74, 6) is 7.06. The molecule has 2 saturated carbocycles. The number of fused-ring (bicyclic) bond motifs is 2. The second-order valence-electron chi connectivity index (χ2n) is 8.04. The van der Waals surface area contributed by atoms with Crippen LogP contribution < -0.4 is 0 Å². The van der Waals surface area contributed by atoms with Gasteiger partial charge in [-0.15, -0.1) is 0 Å². The quantitative estimate of drug-likeness (QED) is 0.596. The molecule has 2 aromatic heterocycles. The lowest BCUT2D eigenvalue weighted by molar-refractivity contribution is 0.0857. The van der Waals surface area contributed by atoms with Gasteiger partial charge in [-0.3, -0.25) is 9.78 Å². The Bertz CT molecular complexity index is 880. The zero-order valence-corrected chi connectivity index (χ0v) is 15.3. The highest BCUT2D eigenvalue weighted by molar-refractivity contribution is 5.94. The lowest BCUT2D eigenvalue weighted by atomic mass is 9.67. The molecule has 2 atom stereocenters. The predicted molar refractivity (Wildman–Crippen MR) is 102 cm³/mol. The fourth-order valence-electron chi connectivity index (χ4n) is 4.80. The van der Waals surface area contributed by atoms with Crippen LogP contribution in [0, 0.1) is 29.6 Å². The Morgan fingerprint density at radius 2 is 2.04 bits per heavy atom. The number of carbonyl (C=O) groups is 1. The van der Waals surface area contributed by atoms with E-state index in [2.05, 4.69) is 21.8 Å². The van der Waals surface area contributed by atoms with E-state index in [0.717, 1.165) is 49.9 Å². The summed E-state index contributed by atoms with van der Waals surface area (Å²) in [5, 5.41) is 0. The van der Waals surface area contributed by atoms with Crippen LogP contribution in [0.25, 0.3) is 0 Å². The highest BCUT2D eigenvalue weighted by Crippen LogP contribution is 2.60. The first-order valence-electron chi connectivity index (χ1n) is 9.49. The van der Waals surface area contributed by atoms with Crippen molar-refractivity contribution in [3.05, 3.63) is 59.7 Å². The molecule has 26 heavy (non-hydrogen) atoms. The number of hydrogen-bond donors (Lipinski definition) is 0. The summed E-state index contributed by atoms with van der Waals surface area (Å²) in [4.78, 5) is 21.5. The Kier molecular flexibility index (Phi) is 4.36. The van der Waals surface area contributed by atoms with E-state index >= 15 is 0 Å². The molecule has 2 aliphatic carbocycles. The Hall–Kier alpha value is -2.47. The van der Waals surface area contributed by atoms with Crippen molar-refractivity contribution in [2.75, 3.05) is 0 Å². The molecule has 0 saturated heterocycles. The Balaban J connectivity index is 1.52. The van der Waals surface area contributed by atoms with Crippen LogP contribution in [0.1, 0.15) is 66.8 Å². The second kappa shape index (κ2) is 6.68. The Morgan fingerprint density at radius 3 is 2.85 bits per heavy atom. The lowest BCUT2D eigenvalue weighted by Crippen LogP contribution is -2.29. The fraction of sp³-hybridized carbons (Fsp3) is 0.435. The molecule has 2 fully saturated rings. The minimum Gasteiger partial charge on any atom is -0.292 e. The van der Waals surface area contributed by atoms with Gasteiger partial charge in [-0.2, -0.15) is 0 Å².